The standard InChI is InChI=1S/C16H20N2O5S/c1-11(2)12-3-5-14(6-4-12)24(21,22)17-8-7-13(9-17)18-15(19)10-23-16(18)20/h3-6,11,13H,7-10H2,1-2H3. The van der Waals surface area contributed by atoms with Crippen LogP contribution in [0.5, 0.6) is 0 Å². The Balaban J connectivity index is 1.76. The third-order valence-corrected chi connectivity index (χ3v) is 6.34. The van der Waals surface area contributed by atoms with Gasteiger partial charge in [0.15, 0.2) is 6.61 Å². The maximum atomic E-state index is 12.7. The predicted molar refractivity (Wildman–Crippen MR) is 85.9 cm³/mol. The maximum absolute atomic E-state index is 12.7. The van der Waals surface area contributed by atoms with Gasteiger partial charge in [-0.3, -0.25) is 4.79 Å². The van der Waals surface area contributed by atoms with Crippen molar-refractivity contribution in [3.63, 3.8) is 0 Å². The Bertz CT molecular complexity index is 741. The van der Waals surface area contributed by atoms with Crippen molar-refractivity contribution in [3.05, 3.63) is 29.8 Å². The molecule has 130 valence electrons. The van der Waals surface area contributed by atoms with Crippen LogP contribution in [-0.4, -0.2) is 55.4 Å². The summed E-state index contributed by atoms with van der Waals surface area (Å²) in [5, 5.41) is 0. The molecule has 0 N–H and O–H groups in total. The molecule has 2 amide bonds. The van der Waals surface area contributed by atoms with E-state index in [2.05, 4.69) is 0 Å². The minimum absolute atomic E-state index is 0.106. The fourth-order valence-electron chi connectivity index (χ4n) is 3.03. The summed E-state index contributed by atoms with van der Waals surface area (Å²) in [7, 11) is -3.64. The fourth-order valence-corrected chi connectivity index (χ4v) is 4.52. The largest absolute Gasteiger partial charge is 0.439 e. The van der Waals surface area contributed by atoms with E-state index >= 15 is 0 Å². The lowest BCUT2D eigenvalue weighted by atomic mass is 10.0. The van der Waals surface area contributed by atoms with Gasteiger partial charge in [-0.15, -0.1) is 0 Å². The van der Waals surface area contributed by atoms with E-state index in [1.165, 1.54) is 4.31 Å². The quantitative estimate of drug-likeness (QED) is 0.821. The summed E-state index contributed by atoms with van der Waals surface area (Å²) in [6.07, 6.45) is -0.269. The Morgan fingerprint density at radius 1 is 1.17 bits per heavy atom. The molecule has 2 saturated heterocycles. The molecule has 1 aromatic carbocycles. The number of nitrogens with zero attached hydrogens (tertiary/aromatic N) is 2. The summed E-state index contributed by atoms with van der Waals surface area (Å²) in [6, 6.07) is 6.37. The van der Waals surface area contributed by atoms with Crippen LogP contribution in [0.2, 0.25) is 0 Å². The fraction of sp³-hybridized carbons (Fsp3) is 0.500. The van der Waals surface area contributed by atoms with Crippen LogP contribution in [0.3, 0.4) is 0 Å². The molecule has 2 aliphatic rings. The topological polar surface area (TPSA) is 84.0 Å². The molecule has 0 saturated carbocycles. The summed E-state index contributed by atoms with van der Waals surface area (Å²) in [5.41, 5.74) is 1.07. The number of imide groups is 1. The molecule has 1 unspecified atom stereocenters. The highest BCUT2D eigenvalue weighted by Gasteiger charge is 2.43. The van der Waals surface area contributed by atoms with Crippen molar-refractivity contribution in [2.45, 2.75) is 37.1 Å². The normalized spacial score (nSPS) is 22.5. The first-order valence-electron chi connectivity index (χ1n) is 7.89. The Morgan fingerprint density at radius 2 is 1.83 bits per heavy atom. The Kier molecular flexibility index (Phi) is 4.35. The third-order valence-electron chi connectivity index (χ3n) is 4.46. The summed E-state index contributed by atoms with van der Waals surface area (Å²) in [4.78, 5) is 24.6. The number of amides is 2. The molecular formula is C16H20N2O5S. The van der Waals surface area contributed by atoms with Gasteiger partial charge in [-0.2, -0.15) is 4.31 Å². The zero-order chi connectivity index (χ0) is 17.5. The smallest absolute Gasteiger partial charge is 0.417 e. The van der Waals surface area contributed by atoms with Crippen LogP contribution in [0.4, 0.5) is 4.79 Å². The average molecular weight is 352 g/mol. The van der Waals surface area contributed by atoms with E-state index in [0.717, 1.165) is 10.5 Å². The van der Waals surface area contributed by atoms with Crippen LogP contribution in [-0.2, 0) is 19.6 Å². The highest BCUT2D eigenvalue weighted by Crippen LogP contribution is 2.26. The Hall–Kier alpha value is -1.93. The Labute approximate surface area is 141 Å². The minimum atomic E-state index is -3.64. The van der Waals surface area contributed by atoms with Gasteiger partial charge in [-0.05, 0) is 30.0 Å². The number of carbonyl (C=O) groups is 2. The van der Waals surface area contributed by atoms with E-state index in [1.54, 1.807) is 12.1 Å². The number of ether oxygens (including phenoxy) is 1. The maximum Gasteiger partial charge on any atom is 0.417 e. The number of hydrogen-bond acceptors (Lipinski definition) is 5. The van der Waals surface area contributed by atoms with Gasteiger partial charge in [0.2, 0.25) is 10.0 Å². The minimum Gasteiger partial charge on any atom is -0.439 e. The monoisotopic (exact) mass is 352 g/mol. The number of rotatable bonds is 4. The SMILES string of the molecule is CC(C)c1ccc(S(=O)(=O)N2CCC(N3C(=O)COC3=O)C2)cc1. The summed E-state index contributed by atoms with van der Waals surface area (Å²) in [5.74, 6) is -0.0874. The first-order chi connectivity index (χ1) is 11.3. The molecule has 2 heterocycles. The molecule has 1 atom stereocenters. The van der Waals surface area contributed by atoms with Gasteiger partial charge in [-0.25, -0.2) is 18.1 Å². The van der Waals surface area contributed by atoms with Gasteiger partial charge in [-0.1, -0.05) is 26.0 Å². The summed E-state index contributed by atoms with van der Waals surface area (Å²) >= 11 is 0. The lowest BCUT2D eigenvalue weighted by Gasteiger charge is -2.20. The molecule has 0 aliphatic carbocycles. The molecule has 24 heavy (non-hydrogen) atoms. The third kappa shape index (κ3) is 2.91. The van der Waals surface area contributed by atoms with Crippen LogP contribution < -0.4 is 0 Å². The predicted octanol–water partition coefficient (Wildman–Crippen LogP) is 1.55. The van der Waals surface area contributed by atoms with Gasteiger partial charge >= 0.3 is 6.09 Å². The summed E-state index contributed by atoms with van der Waals surface area (Å²) in [6.45, 7) is 4.20. The van der Waals surface area contributed by atoms with Crippen molar-refractivity contribution in [2.75, 3.05) is 19.7 Å². The molecule has 0 bridgehead atoms. The second-order valence-corrected chi connectivity index (χ2v) is 8.29. The number of cyclic esters (lactones) is 1. The van der Waals surface area contributed by atoms with Crippen LogP contribution in [0, 0.1) is 0 Å². The van der Waals surface area contributed by atoms with Crippen LogP contribution in [0.25, 0.3) is 0 Å². The van der Waals surface area contributed by atoms with Gasteiger partial charge in [0.1, 0.15) is 0 Å². The molecule has 0 aromatic heterocycles. The second kappa shape index (κ2) is 6.18. The van der Waals surface area contributed by atoms with Crippen molar-refractivity contribution < 1.29 is 22.7 Å². The van der Waals surface area contributed by atoms with Crippen molar-refractivity contribution in [1.82, 2.24) is 9.21 Å². The lowest BCUT2D eigenvalue weighted by Crippen LogP contribution is -2.42. The van der Waals surface area contributed by atoms with Crippen molar-refractivity contribution >= 4 is 22.0 Å². The number of sulfonamides is 1. The highest BCUT2D eigenvalue weighted by atomic mass is 32.2. The van der Waals surface area contributed by atoms with E-state index < -0.39 is 28.1 Å². The molecule has 0 spiro atoms. The first kappa shape index (κ1) is 16.9. The van der Waals surface area contributed by atoms with E-state index in [9.17, 15) is 18.0 Å². The zero-order valence-electron chi connectivity index (χ0n) is 13.6. The van der Waals surface area contributed by atoms with Gasteiger partial charge in [0.05, 0.1) is 10.9 Å². The van der Waals surface area contributed by atoms with Crippen LogP contribution in [0.1, 0.15) is 31.7 Å². The second-order valence-electron chi connectivity index (χ2n) is 6.35. The van der Waals surface area contributed by atoms with Gasteiger partial charge in [0, 0.05) is 13.1 Å². The van der Waals surface area contributed by atoms with Crippen LogP contribution in [0.15, 0.2) is 29.2 Å². The first-order valence-corrected chi connectivity index (χ1v) is 9.33. The molecule has 2 fully saturated rings. The van der Waals surface area contributed by atoms with E-state index in [1.807, 2.05) is 26.0 Å². The highest BCUT2D eigenvalue weighted by molar-refractivity contribution is 7.89. The zero-order valence-corrected chi connectivity index (χ0v) is 14.5. The lowest BCUT2D eigenvalue weighted by molar-refractivity contribution is -0.127. The number of hydrogen-bond donors (Lipinski definition) is 0. The van der Waals surface area contributed by atoms with Crippen molar-refractivity contribution in [2.24, 2.45) is 0 Å². The van der Waals surface area contributed by atoms with E-state index in [4.69, 9.17) is 4.74 Å². The number of carbonyl (C=O) groups excluding carboxylic acids is 2. The summed E-state index contributed by atoms with van der Waals surface area (Å²) < 4.78 is 31.5. The molecule has 2 aliphatic heterocycles. The molecule has 8 heteroatoms. The molecule has 3 rings (SSSR count). The molecule has 1 aromatic rings. The van der Waals surface area contributed by atoms with E-state index in [-0.39, 0.29) is 24.6 Å². The number of benzene rings is 1. The molecule has 7 nitrogen and oxygen atoms in total. The van der Waals surface area contributed by atoms with Gasteiger partial charge in [0.25, 0.3) is 5.91 Å². The van der Waals surface area contributed by atoms with Crippen molar-refractivity contribution in [3.8, 4) is 0 Å². The van der Waals surface area contributed by atoms with Crippen LogP contribution >= 0.6 is 0 Å². The molecular weight excluding hydrogens is 332 g/mol. The van der Waals surface area contributed by atoms with E-state index in [0.29, 0.717) is 12.3 Å². The average Bonchev–Trinajstić information content (AvgIpc) is 3.14. The molecule has 0 radical (unpaired) electrons. The Morgan fingerprint density at radius 3 is 2.38 bits per heavy atom. The van der Waals surface area contributed by atoms with Crippen molar-refractivity contribution in [1.29, 1.82) is 0 Å². The van der Waals surface area contributed by atoms with Gasteiger partial charge < -0.3 is 4.74 Å².